The molecule has 1 aromatic heterocycles. The summed E-state index contributed by atoms with van der Waals surface area (Å²) in [5, 5.41) is 13.5. The van der Waals surface area contributed by atoms with E-state index >= 15 is 0 Å². The molecule has 0 unspecified atom stereocenters. The lowest BCUT2D eigenvalue weighted by atomic mass is 10.1. The van der Waals surface area contributed by atoms with Crippen LogP contribution in [0, 0.1) is 18.3 Å². The van der Waals surface area contributed by atoms with Crippen LogP contribution in [0.3, 0.4) is 0 Å². The van der Waals surface area contributed by atoms with E-state index in [4.69, 9.17) is 19.4 Å². The number of aryl methyl sites for hydroxylation is 1. The Morgan fingerprint density at radius 3 is 2.45 bits per heavy atom. The Bertz CT molecular complexity index is 1100. The van der Waals surface area contributed by atoms with Crippen molar-refractivity contribution < 1.29 is 9.47 Å². The summed E-state index contributed by atoms with van der Waals surface area (Å²) in [6, 6.07) is 11.7. The molecule has 1 saturated heterocycles. The first-order chi connectivity index (χ1) is 14.1. The second-order valence-corrected chi connectivity index (χ2v) is 7.06. The number of ether oxygens (including phenoxy) is 2. The number of aromatic nitrogens is 2. The summed E-state index contributed by atoms with van der Waals surface area (Å²) in [6.45, 7) is 3.84. The zero-order valence-corrected chi connectivity index (χ0v) is 16.8. The Hall–Kier alpha value is -3.53. The first-order valence-electron chi connectivity index (χ1n) is 9.59. The van der Waals surface area contributed by atoms with Gasteiger partial charge in [-0.2, -0.15) is 10.2 Å². The zero-order valence-electron chi connectivity index (χ0n) is 16.8. The molecular formula is C22H23N5O2. The van der Waals surface area contributed by atoms with Gasteiger partial charge in [0.25, 0.3) is 0 Å². The van der Waals surface area contributed by atoms with Crippen LogP contribution in [0.2, 0.25) is 0 Å². The van der Waals surface area contributed by atoms with Crippen molar-refractivity contribution in [3.8, 4) is 17.6 Å². The summed E-state index contributed by atoms with van der Waals surface area (Å²) in [4.78, 5) is 11.8. The highest BCUT2D eigenvalue weighted by atomic mass is 16.5. The minimum absolute atomic E-state index is 0.486. The Labute approximate surface area is 169 Å². The molecule has 4 rings (SSSR count). The van der Waals surface area contributed by atoms with Crippen LogP contribution in [0.15, 0.2) is 30.3 Å². The van der Waals surface area contributed by atoms with Crippen LogP contribution in [0.25, 0.3) is 10.9 Å². The molecule has 0 radical (unpaired) electrons. The van der Waals surface area contributed by atoms with Crippen LogP contribution in [0.4, 0.5) is 17.5 Å². The van der Waals surface area contributed by atoms with Gasteiger partial charge >= 0.3 is 0 Å². The highest BCUT2D eigenvalue weighted by Crippen LogP contribution is 2.37. The van der Waals surface area contributed by atoms with Gasteiger partial charge in [-0.15, -0.1) is 0 Å². The quantitative estimate of drug-likeness (QED) is 0.701. The van der Waals surface area contributed by atoms with Crippen LogP contribution in [-0.2, 0) is 0 Å². The molecule has 1 aliphatic heterocycles. The Balaban J connectivity index is 1.83. The summed E-state index contributed by atoms with van der Waals surface area (Å²) in [7, 11) is 3.24. The van der Waals surface area contributed by atoms with Gasteiger partial charge in [-0.3, -0.25) is 0 Å². The molecule has 2 heterocycles. The molecule has 7 heteroatoms. The van der Waals surface area contributed by atoms with E-state index in [0.717, 1.165) is 53.9 Å². The van der Waals surface area contributed by atoms with E-state index in [1.807, 2.05) is 37.3 Å². The van der Waals surface area contributed by atoms with Crippen molar-refractivity contribution in [2.24, 2.45) is 0 Å². The Kier molecular flexibility index (Phi) is 5.09. The number of nitrogens with zero attached hydrogens (tertiary/aromatic N) is 4. The molecule has 0 saturated carbocycles. The third kappa shape index (κ3) is 3.61. The van der Waals surface area contributed by atoms with E-state index in [9.17, 15) is 5.26 Å². The molecule has 0 atom stereocenters. The van der Waals surface area contributed by atoms with Gasteiger partial charge in [0.05, 0.1) is 31.4 Å². The maximum Gasteiger partial charge on any atom is 0.229 e. The highest BCUT2D eigenvalue weighted by molar-refractivity contribution is 5.93. The van der Waals surface area contributed by atoms with Gasteiger partial charge in [-0.25, -0.2) is 4.98 Å². The smallest absolute Gasteiger partial charge is 0.229 e. The zero-order chi connectivity index (χ0) is 20.4. The molecule has 7 nitrogen and oxygen atoms in total. The lowest BCUT2D eigenvalue weighted by Crippen LogP contribution is -2.20. The fourth-order valence-corrected chi connectivity index (χ4v) is 3.61. The van der Waals surface area contributed by atoms with Gasteiger partial charge in [0.1, 0.15) is 5.82 Å². The molecule has 148 valence electrons. The van der Waals surface area contributed by atoms with Crippen LogP contribution in [0.1, 0.15) is 24.0 Å². The van der Waals surface area contributed by atoms with E-state index < -0.39 is 0 Å². The summed E-state index contributed by atoms with van der Waals surface area (Å²) >= 11 is 0. The van der Waals surface area contributed by atoms with E-state index in [1.54, 1.807) is 14.2 Å². The molecule has 1 fully saturated rings. The average Bonchev–Trinajstić information content (AvgIpc) is 3.28. The monoisotopic (exact) mass is 389 g/mol. The molecule has 2 aromatic carbocycles. The van der Waals surface area contributed by atoms with Crippen molar-refractivity contribution in [2.75, 3.05) is 37.5 Å². The van der Waals surface area contributed by atoms with E-state index in [1.165, 1.54) is 0 Å². The van der Waals surface area contributed by atoms with Crippen LogP contribution in [0.5, 0.6) is 11.5 Å². The Morgan fingerprint density at radius 1 is 1.03 bits per heavy atom. The van der Waals surface area contributed by atoms with Crippen molar-refractivity contribution in [1.29, 1.82) is 5.26 Å². The van der Waals surface area contributed by atoms with Gasteiger partial charge < -0.3 is 19.7 Å². The lowest BCUT2D eigenvalue weighted by molar-refractivity contribution is 0.356. The number of hydrogen-bond donors (Lipinski definition) is 1. The third-order valence-electron chi connectivity index (χ3n) is 5.20. The lowest BCUT2D eigenvalue weighted by Gasteiger charge is -2.20. The van der Waals surface area contributed by atoms with Gasteiger partial charge in [-0.05, 0) is 43.5 Å². The van der Waals surface area contributed by atoms with E-state index in [-0.39, 0.29) is 0 Å². The summed E-state index contributed by atoms with van der Waals surface area (Å²) < 4.78 is 10.9. The number of methoxy groups -OCH3 is 2. The molecule has 1 aliphatic rings. The van der Waals surface area contributed by atoms with Crippen LogP contribution >= 0.6 is 0 Å². The minimum Gasteiger partial charge on any atom is -0.493 e. The number of nitrogens with one attached hydrogen (secondary N) is 1. The van der Waals surface area contributed by atoms with Crippen molar-refractivity contribution in [3.63, 3.8) is 0 Å². The summed E-state index contributed by atoms with van der Waals surface area (Å²) in [5.74, 6) is 2.64. The summed E-state index contributed by atoms with van der Waals surface area (Å²) in [6.07, 6.45) is 2.29. The minimum atomic E-state index is 0.486. The number of hydrogen-bond acceptors (Lipinski definition) is 7. The molecule has 0 bridgehead atoms. The number of benzene rings is 2. The molecule has 3 aromatic rings. The normalized spacial score (nSPS) is 13.4. The second-order valence-electron chi connectivity index (χ2n) is 7.06. The fraction of sp³-hybridized carbons (Fsp3) is 0.318. The number of fused-ring (bicyclic) bond motifs is 1. The first-order valence-corrected chi connectivity index (χ1v) is 9.59. The van der Waals surface area contributed by atoms with Gasteiger partial charge in [-0.1, -0.05) is 6.07 Å². The second kappa shape index (κ2) is 7.84. The highest BCUT2D eigenvalue weighted by Gasteiger charge is 2.20. The molecule has 0 aliphatic carbocycles. The molecule has 0 amide bonds. The maximum absolute atomic E-state index is 9.30. The topological polar surface area (TPSA) is 83.3 Å². The SMILES string of the molecule is COc1cc2nc(Nc3ccc(C)c(C#N)c3)nc(N3CCCC3)c2cc1OC. The number of anilines is 3. The standard InChI is InChI=1S/C22H23N5O2/c1-14-6-7-16(10-15(14)13-23)24-22-25-18-12-20(29-3)19(28-2)11-17(18)21(26-22)27-8-4-5-9-27/h6-7,10-12H,4-5,8-9H2,1-3H3,(H,24,25,26). The van der Waals surface area contributed by atoms with E-state index in [0.29, 0.717) is 23.0 Å². The largest absolute Gasteiger partial charge is 0.493 e. The first kappa shape index (κ1) is 18.8. The predicted molar refractivity (Wildman–Crippen MR) is 113 cm³/mol. The van der Waals surface area contributed by atoms with Gasteiger partial charge in [0.2, 0.25) is 5.95 Å². The fourth-order valence-electron chi connectivity index (χ4n) is 3.61. The maximum atomic E-state index is 9.30. The third-order valence-corrected chi connectivity index (χ3v) is 5.20. The van der Waals surface area contributed by atoms with Crippen molar-refractivity contribution >= 4 is 28.4 Å². The number of nitriles is 1. The predicted octanol–water partition coefficient (Wildman–Crippen LogP) is 4.17. The van der Waals surface area contributed by atoms with Crippen molar-refractivity contribution in [1.82, 2.24) is 9.97 Å². The Morgan fingerprint density at radius 2 is 1.76 bits per heavy atom. The van der Waals surface area contributed by atoms with E-state index in [2.05, 4.69) is 16.3 Å². The molecule has 0 spiro atoms. The summed E-state index contributed by atoms with van der Waals surface area (Å²) in [5.41, 5.74) is 3.11. The van der Waals surface area contributed by atoms with Crippen LogP contribution < -0.4 is 19.7 Å². The molecule has 29 heavy (non-hydrogen) atoms. The van der Waals surface area contributed by atoms with Crippen molar-refractivity contribution in [3.05, 3.63) is 41.5 Å². The van der Waals surface area contributed by atoms with Gasteiger partial charge in [0, 0.05) is 30.2 Å². The molecule has 1 N–H and O–H groups in total. The van der Waals surface area contributed by atoms with Crippen LogP contribution in [-0.4, -0.2) is 37.3 Å². The van der Waals surface area contributed by atoms with Gasteiger partial charge in [0.15, 0.2) is 11.5 Å². The average molecular weight is 389 g/mol. The van der Waals surface area contributed by atoms with Crippen molar-refractivity contribution in [2.45, 2.75) is 19.8 Å². The molecular weight excluding hydrogens is 366 g/mol. The number of rotatable bonds is 5.